The zero-order valence-corrected chi connectivity index (χ0v) is 16.2. The predicted octanol–water partition coefficient (Wildman–Crippen LogP) is 4.37. The fraction of sp³-hybridized carbons (Fsp3) is 0.444. The van der Waals surface area contributed by atoms with Crippen LogP contribution in [0.5, 0.6) is 0 Å². The maximum atomic E-state index is 5.46. The van der Waals surface area contributed by atoms with Crippen LogP contribution in [-0.2, 0) is 9.47 Å². The first-order valence-electron chi connectivity index (χ1n) is 7.94. The molecule has 1 aromatic carbocycles. The number of benzene rings is 1. The van der Waals surface area contributed by atoms with Gasteiger partial charge in [-0.2, -0.15) is 0 Å². The van der Waals surface area contributed by atoms with Crippen molar-refractivity contribution in [2.75, 3.05) is 19.1 Å². The molecule has 0 aliphatic rings. The summed E-state index contributed by atoms with van der Waals surface area (Å²) in [5, 5.41) is 0. The number of rotatable bonds is 9. The maximum Gasteiger partial charge on any atom is 0.139 e. The fourth-order valence-electron chi connectivity index (χ4n) is 1.67. The first-order valence-corrected chi connectivity index (χ1v) is 10.1. The normalized spacial score (nSPS) is 11.7. The van der Waals surface area contributed by atoms with E-state index < -0.39 is 0 Å². The monoisotopic (exact) mass is 340 g/mol. The molecule has 1 aromatic rings. The van der Waals surface area contributed by atoms with Crippen molar-refractivity contribution in [3.05, 3.63) is 53.7 Å². The van der Waals surface area contributed by atoms with E-state index in [4.69, 9.17) is 21.1 Å². The summed E-state index contributed by atoms with van der Waals surface area (Å²) in [6.07, 6.45) is 7.24. The molecular formula is C18H29ClO2Si. The number of alkyl halides is 1. The second-order valence-corrected chi connectivity index (χ2v) is 6.34. The van der Waals surface area contributed by atoms with E-state index in [1.165, 1.54) is 5.56 Å². The molecule has 0 amide bonds. The Hall–Kier alpha value is -0.873. The molecule has 1 rings (SSSR count). The summed E-state index contributed by atoms with van der Waals surface area (Å²) in [4.78, 5) is 0. The van der Waals surface area contributed by atoms with Crippen molar-refractivity contribution in [1.82, 2.24) is 0 Å². The first kappa shape index (κ1) is 21.1. The van der Waals surface area contributed by atoms with Gasteiger partial charge in [0.25, 0.3) is 0 Å². The number of hydrogen-bond acceptors (Lipinski definition) is 2. The second kappa shape index (κ2) is 16.5. The van der Waals surface area contributed by atoms with Gasteiger partial charge in [0.2, 0.25) is 0 Å². The fourth-order valence-corrected chi connectivity index (χ4v) is 3.26. The number of hydrogen-bond donors (Lipinski definition) is 0. The van der Waals surface area contributed by atoms with Gasteiger partial charge in [-0.3, -0.25) is 0 Å². The zero-order chi connectivity index (χ0) is 16.5. The quantitative estimate of drug-likeness (QED) is 0.377. The van der Waals surface area contributed by atoms with E-state index in [-0.39, 0.29) is 15.4 Å². The Morgan fingerprint density at radius 2 is 1.68 bits per heavy atom. The molecule has 4 heteroatoms. The van der Waals surface area contributed by atoms with Crippen molar-refractivity contribution in [3.8, 4) is 0 Å². The van der Waals surface area contributed by atoms with Gasteiger partial charge in [0.1, 0.15) is 15.4 Å². The van der Waals surface area contributed by atoms with Crippen molar-refractivity contribution < 1.29 is 9.47 Å². The van der Waals surface area contributed by atoms with Crippen LogP contribution in [0.1, 0.15) is 32.8 Å². The third kappa shape index (κ3) is 12.8. The Morgan fingerprint density at radius 1 is 1.05 bits per heavy atom. The molecule has 0 heterocycles. The van der Waals surface area contributed by atoms with E-state index in [0.29, 0.717) is 5.88 Å². The third-order valence-corrected chi connectivity index (χ3v) is 4.27. The summed E-state index contributed by atoms with van der Waals surface area (Å²) >= 11 is 5.46. The summed E-state index contributed by atoms with van der Waals surface area (Å²) < 4.78 is 10.8. The highest BCUT2D eigenvalue weighted by atomic mass is 35.5. The minimum atomic E-state index is -0.333. The molecule has 0 radical (unpaired) electrons. The molecule has 22 heavy (non-hydrogen) atoms. The van der Waals surface area contributed by atoms with Gasteiger partial charge in [0.05, 0.1) is 0 Å². The average Bonchev–Trinajstić information content (AvgIpc) is 2.55. The van der Waals surface area contributed by atoms with E-state index in [2.05, 4.69) is 18.7 Å². The van der Waals surface area contributed by atoms with Crippen LogP contribution in [0.25, 0.3) is 6.08 Å². The molecule has 124 valence electrons. The number of halogens is 1. The van der Waals surface area contributed by atoms with Crippen LogP contribution in [0.3, 0.4) is 0 Å². The lowest BCUT2D eigenvalue weighted by atomic mass is 10.2. The number of ether oxygens (including phenoxy) is 2. The molecule has 0 fully saturated rings. The van der Waals surface area contributed by atoms with Crippen LogP contribution >= 0.6 is 11.6 Å². The van der Waals surface area contributed by atoms with E-state index in [9.17, 15) is 0 Å². The van der Waals surface area contributed by atoms with Gasteiger partial charge in [0, 0.05) is 19.1 Å². The summed E-state index contributed by atoms with van der Waals surface area (Å²) in [6.45, 7) is 7.64. The first-order chi connectivity index (χ1) is 10.8. The van der Waals surface area contributed by atoms with Gasteiger partial charge in [-0.05, 0) is 25.8 Å². The van der Waals surface area contributed by atoms with Gasteiger partial charge in [-0.15, -0.1) is 11.6 Å². The lowest BCUT2D eigenvalue weighted by molar-refractivity contribution is -0.0818. The maximum absolute atomic E-state index is 5.46. The molecule has 0 unspecified atom stereocenters. The highest BCUT2D eigenvalue weighted by Gasteiger charge is 2.04. The molecule has 2 nitrogen and oxygen atoms in total. The SMILES string of the molecule is CCC=C[SiH2]C(OCC)OCC.ClCC=Cc1ccccc1. The van der Waals surface area contributed by atoms with Crippen molar-refractivity contribution in [3.63, 3.8) is 0 Å². The van der Waals surface area contributed by atoms with Gasteiger partial charge in [-0.1, -0.05) is 61.2 Å². The summed E-state index contributed by atoms with van der Waals surface area (Å²) in [5.41, 5.74) is 3.44. The molecule has 0 aromatic heterocycles. The van der Waals surface area contributed by atoms with Crippen LogP contribution in [0.15, 0.2) is 48.2 Å². The average molecular weight is 341 g/mol. The van der Waals surface area contributed by atoms with Crippen LogP contribution in [0.4, 0.5) is 0 Å². The molecule has 0 spiro atoms. The van der Waals surface area contributed by atoms with Gasteiger partial charge >= 0.3 is 0 Å². The van der Waals surface area contributed by atoms with Crippen LogP contribution in [0.2, 0.25) is 0 Å². The van der Waals surface area contributed by atoms with E-state index >= 15 is 0 Å². The van der Waals surface area contributed by atoms with E-state index in [1.807, 2.05) is 56.3 Å². The Bertz CT molecular complexity index is 387. The highest BCUT2D eigenvalue weighted by Crippen LogP contribution is 2.00. The molecule has 0 aliphatic carbocycles. The summed E-state index contributed by atoms with van der Waals surface area (Å²) in [7, 11) is -0.333. The lowest BCUT2D eigenvalue weighted by Gasteiger charge is -2.14. The Balaban J connectivity index is 0.000000406. The largest absolute Gasteiger partial charge is 0.357 e. The second-order valence-electron chi connectivity index (χ2n) is 4.42. The van der Waals surface area contributed by atoms with Gasteiger partial charge in [-0.25, -0.2) is 0 Å². The van der Waals surface area contributed by atoms with Crippen LogP contribution < -0.4 is 0 Å². The number of allylic oxidation sites excluding steroid dienone is 2. The van der Waals surface area contributed by atoms with Gasteiger partial charge < -0.3 is 9.47 Å². The van der Waals surface area contributed by atoms with E-state index in [0.717, 1.165) is 19.6 Å². The van der Waals surface area contributed by atoms with Crippen molar-refractivity contribution >= 4 is 27.2 Å². The Labute approximate surface area is 143 Å². The minimum absolute atomic E-state index is 0.0859. The van der Waals surface area contributed by atoms with Crippen LogP contribution in [-0.4, -0.2) is 34.5 Å². The van der Waals surface area contributed by atoms with E-state index in [1.54, 1.807) is 0 Å². The topological polar surface area (TPSA) is 18.5 Å². The molecule has 0 saturated heterocycles. The smallest absolute Gasteiger partial charge is 0.139 e. The minimum Gasteiger partial charge on any atom is -0.357 e. The Kier molecular flexibility index (Phi) is 15.8. The molecule has 0 bridgehead atoms. The molecule has 0 N–H and O–H groups in total. The molecular weight excluding hydrogens is 312 g/mol. The lowest BCUT2D eigenvalue weighted by Crippen LogP contribution is -2.23. The molecule has 0 atom stereocenters. The standard InChI is InChI=1S/C9H9Cl.C9H20O2Si/c10-8-4-7-9-5-2-1-3-6-9;1-4-7-8-12-9(10-5-2)11-6-3/h1-7H,8H2;7-9H,4-6,12H2,1-3H3. The predicted molar refractivity (Wildman–Crippen MR) is 101 cm³/mol. The molecule has 0 aliphatic heterocycles. The van der Waals surface area contributed by atoms with Crippen molar-refractivity contribution in [1.29, 1.82) is 0 Å². The van der Waals surface area contributed by atoms with Crippen molar-refractivity contribution in [2.24, 2.45) is 0 Å². The van der Waals surface area contributed by atoms with Crippen LogP contribution in [0, 0.1) is 0 Å². The summed E-state index contributed by atoms with van der Waals surface area (Å²) in [5.74, 6) is 0.664. The highest BCUT2D eigenvalue weighted by molar-refractivity contribution is 6.43. The molecule has 0 saturated carbocycles. The zero-order valence-electron chi connectivity index (χ0n) is 14.0. The van der Waals surface area contributed by atoms with Gasteiger partial charge in [0.15, 0.2) is 0 Å². The van der Waals surface area contributed by atoms with Crippen molar-refractivity contribution in [2.45, 2.75) is 33.1 Å². The third-order valence-electron chi connectivity index (χ3n) is 2.63. The Morgan fingerprint density at radius 3 is 2.18 bits per heavy atom. The summed E-state index contributed by atoms with van der Waals surface area (Å²) in [6, 6.07) is 10.1.